The molecule has 0 saturated heterocycles. The number of carbonyl (C=O) groups is 2. The van der Waals surface area contributed by atoms with Gasteiger partial charge in [-0.15, -0.1) is 0 Å². The number of allylic oxidation sites excluding steroid dienone is 2. The van der Waals surface area contributed by atoms with E-state index in [2.05, 4.69) is 12.2 Å². The summed E-state index contributed by atoms with van der Waals surface area (Å²) in [7, 11) is 0. The van der Waals surface area contributed by atoms with Crippen LogP contribution in [0.3, 0.4) is 0 Å². The largest absolute Gasteiger partial charge is 0.466 e. The SMILES string of the molecule is CCOC(=O)CC[C@@H]1C=CCCC1C=O. The normalized spacial score (nSPS) is 24.9. The van der Waals surface area contributed by atoms with E-state index in [1.807, 2.05) is 0 Å². The van der Waals surface area contributed by atoms with E-state index >= 15 is 0 Å². The first kappa shape index (κ1) is 12.0. The number of esters is 1. The number of hydrogen-bond donors (Lipinski definition) is 0. The first-order valence-electron chi connectivity index (χ1n) is 5.55. The van der Waals surface area contributed by atoms with Gasteiger partial charge in [-0.25, -0.2) is 0 Å². The summed E-state index contributed by atoms with van der Waals surface area (Å²) in [6.45, 7) is 2.23. The lowest BCUT2D eigenvalue weighted by molar-refractivity contribution is -0.143. The molecule has 1 unspecified atom stereocenters. The minimum Gasteiger partial charge on any atom is -0.466 e. The summed E-state index contributed by atoms with van der Waals surface area (Å²) in [5.41, 5.74) is 0. The lowest BCUT2D eigenvalue weighted by atomic mass is 9.82. The molecule has 0 spiro atoms. The zero-order chi connectivity index (χ0) is 11.1. The van der Waals surface area contributed by atoms with Crippen LogP contribution in [0.15, 0.2) is 12.2 Å². The highest BCUT2D eigenvalue weighted by molar-refractivity contribution is 5.69. The van der Waals surface area contributed by atoms with Crippen LogP contribution in [0.25, 0.3) is 0 Å². The van der Waals surface area contributed by atoms with E-state index in [4.69, 9.17) is 4.74 Å². The van der Waals surface area contributed by atoms with Crippen molar-refractivity contribution in [2.24, 2.45) is 11.8 Å². The minimum absolute atomic E-state index is 0.0874. The summed E-state index contributed by atoms with van der Waals surface area (Å²) in [6.07, 6.45) is 8.18. The fourth-order valence-corrected chi connectivity index (χ4v) is 1.91. The summed E-state index contributed by atoms with van der Waals surface area (Å²) >= 11 is 0. The van der Waals surface area contributed by atoms with Crippen molar-refractivity contribution >= 4 is 12.3 Å². The molecule has 0 amide bonds. The lowest BCUT2D eigenvalue weighted by Crippen LogP contribution is -2.18. The Kier molecular flexibility index (Phi) is 5.08. The molecule has 0 aromatic rings. The van der Waals surface area contributed by atoms with Gasteiger partial charge in [-0.2, -0.15) is 0 Å². The molecule has 1 aliphatic carbocycles. The van der Waals surface area contributed by atoms with E-state index in [0.29, 0.717) is 13.0 Å². The first-order valence-corrected chi connectivity index (χ1v) is 5.55. The maximum atomic E-state index is 11.1. The Morgan fingerprint density at radius 3 is 3.07 bits per heavy atom. The summed E-state index contributed by atoms with van der Waals surface area (Å²) in [6, 6.07) is 0. The molecule has 3 nitrogen and oxygen atoms in total. The third-order valence-corrected chi connectivity index (χ3v) is 2.76. The molecule has 1 rings (SSSR count). The van der Waals surface area contributed by atoms with E-state index < -0.39 is 0 Å². The molecule has 0 saturated carbocycles. The molecule has 15 heavy (non-hydrogen) atoms. The van der Waals surface area contributed by atoms with Gasteiger partial charge in [-0.05, 0) is 32.1 Å². The second kappa shape index (κ2) is 6.38. The highest BCUT2D eigenvalue weighted by atomic mass is 16.5. The van der Waals surface area contributed by atoms with Crippen LogP contribution in [-0.4, -0.2) is 18.9 Å². The minimum atomic E-state index is -0.166. The fourth-order valence-electron chi connectivity index (χ4n) is 1.91. The van der Waals surface area contributed by atoms with Crippen LogP contribution >= 0.6 is 0 Å². The predicted octanol–water partition coefficient (Wildman–Crippen LogP) is 2.11. The summed E-state index contributed by atoms with van der Waals surface area (Å²) in [5.74, 6) is 0.145. The van der Waals surface area contributed by atoms with Crippen LogP contribution in [0.5, 0.6) is 0 Å². The Labute approximate surface area is 90.5 Å². The average Bonchev–Trinajstić information content (AvgIpc) is 2.27. The van der Waals surface area contributed by atoms with Crippen molar-refractivity contribution < 1.29 is 14.3 Å². The first-order chi connectivity index (χ1) is 7.27. The fraction of sp³-hybridized carbons (Fsp3) is 0.667. The Balaban J connectivity index is 2.35. The van der Waals surface area contributed by atoms with Crippen molar-refractivity contribution in [2.75, 3.05) is 6.61 Å². The molecule has 0 heterocycles. The van der Waals surface area contributed by atoms with Crippen molar-refractivity contribution in [3.05, 3.63) is 12.2 Å². The van der Waals surface area contributed by atoms with Gasteiger partial charge in [0.2, 0.25) is 0 Å². The van der Waals surface area contributed by atoms with Crippen molar-refractivity contribution in [1.82, 2.24) is 0 Å². The molecule has 0 aliphatic heterocycles. The number of ether oxygens (including phenoxy) is 1. The monoisotopic (exact) mass is 210 g/mol. The molecular weight excluding hydrogens is 192 g/mol. The van der Waals surface area contributed by atoms with Crippen LogP contribution in [0, 0.1) is 11.8 Å². The van der Waals surface area contributed by atoms with Crippen LogP contribution in [-0.2, 0) is 14.3 Å². The average molecular weight is 210 g/mol. The number of aldehydes is 1. The quantitative estimate of drug-likeness (QED) is 0.396. The van der Waals surface area contributed by atoms with Crippen molar-refractivity contribution in [3.8, 4) is 0 Å². The van der Waals surface area contributed by atoms with Gasteiger partial charge >= 0.3 is 5.97 Å². The molecule has 3 heteroatoms. The zero-order valence-corrected chi connectivity index (χ0v) is 9.15. The van der Waals surface area contributed by atoms with Gasteiger partial charge in [0.05, 0.1) is 6.61 Å². The highest BCUT2D eigenvalue weighted by Gasteiger charge is 2.21. The van der Waals surface area contributed by atoms with E-state index in [0.717, 1.165) is 25.5 Å². The molecular formula is C12H18O3. The summed E-state index contributed by atoms with van der Waals surface area (Å²) < 4.78 is 4.85. The predicted molar refractivity (Wildman–Crippen MR) is 57.3 cm³/mol. The maximum absolute atomic E-state index is 11.1. The van der Waals surface area contributed by atoms with E-state index in [-0.39, 0.29) is 17.8 Å². The van der Waals surface area contributed by atoms with Gasteiger partial charge < -0.3 is 9.53 Å². The molecule has 0 bridgehead atoms. The second-order valence-corrected chi connectivity index (χ2v) is 3.81. The third kappa shape index (κ3) is 3.86. The number of carbonyl (C=O) groups excluding carboxylic acids is 2. The van der Waals surface area contributed by atoms with Crippen molar-refractivity contribution in [1.29, 1.82) is 0 Å². The van der Waals surface area contributed by atoms with Gasteiger partial charge in [0.15, 0.2) is 0 Å². The Morgan fingerprint density at radius 1 is 1.60 bits per heavy atom. The van der Waals surface area contributed by atoms with Crippen LogP contribution in [0.2, 0.25) is 0 Å². The third-order valence-electron chi connectivity index (χ3n) is 2.76. The highest BCUT2D eigenvalue weighted by Crippen LogP contribution is 2.26. The van der Waals surface area contributed by atoms with E-state index in [1.54, 1.807) is 6.92 Å². The summed E-state index contributed by atoms with van der Waals surface area (Å²) in [5, 5.41) is 0. The topological polar surface area (TPSA) is 43.4 Å². The molecule has 0 radical (unpaired) electrons. The van der Waals surface area contributed by atoms with Crippen LogP contribution in [0.1, 0.15) is 32.6 Å². The molecule has 0 aromatic carbocycles. The van der Waals surface area contributed by atoms with E-state index in [9.17, 15) is 9.59 Å². The molecule has 0 aromatic heterocycles. The van der Waals surface area contributed by atoms with Gasteiger partial charge in [0.25, 0.3) is 0 Å². The van der Waals surface area contributed by atoms with Gasteiger partial charge in [-0.1, -0.05) is 12.2 Å². The van der Waals surface area contributed by atoms with Gasteiger partial charge in [-0.3, -0.25) is 4.79 Å². The maximum Gasteiger partial charge on any atom is 0.305 e. The van der Waals surface area contributed by atoms with E-state index in [1.165, 1.54) is 0 Å². The number of rotatable bonds is 5. The van der Waals surface area contributed by atoms with Gasteiger partial charge in [0, 0.05) is 12.3 Å². The van der Waals surface area contributed by atoms with Crippen molar-refractivity contribution in [3.63, 3.8) is 0 Å². The zero-order valence-electron chi connectivity index (χ0n) is 9.15. The summed E-state index contributed by atoms with van der Waals surface area (Å²) in [4.78, 5) is 21.9. The second-order valence-electron chi connectivity index (χ2n) is 3.81. The lowest BCUT2D eigenvalue weighted by Gasteiger charge is -2.22. The number of hydrogen-bond acceptors (Lipinski definition) is 3. The Hall–Kier alpha value is -1.12. The molecule has 2 atom stereocenters. The smallest absolute Gasteiger partial charge is 0.305 e. The molecule has 84 valence electrons. The Morgan fingerprint density at radius 2 is 2.40 bits per heavy atom. The standard InChI is InChI=1S/C12H18O3/c1-2-15-12(14)8-7-10-5-3-4-6-11(10)9-13/h3,5,9-11H,2,4,6-8H2,1H3/t10-,11?/m0/s1. The molecule has 0 N–H and O–H groups in total. The van der Waals surface area contributed by atoms with Crippen LogP contribution in [0.4, 0.5) is 0 Å². The molecule has 0 fully saturated rings. The molecule has 1 aliphatic rings. The van der Waals surface area contributed by atoms with Crippen LogP contribution < -0.4 is 0 Å². The van der Waals surface area contributed by atoms with Crippen molar-refractivity contribution in [2.45, 2.75) is 32.6 Å². The Bertz CT molecular complexity index is 245. The van der Waals surface area contributed by atoms with Gasteiger partial charge in [0.1, 0.15) is 6.29 Å².